The van der Waals surface area contributed by atoms with Gasteiger partial charge in [-0.1, -0.05) is 18.2 Å². The van der Waals surface area contributed by atoms with Crippen molar-refractivity contribution in [3.05, 3.63) is 36.0 Å². The third kappa shape index (κ3) is 3.65. The van der Waals surface area contributed by atoms with Crippen LogP contribution in [0.5, 0.6) is 0 Å². The van der Waals surface area contributed by atoms with Gasteiger partial charge in [0.15, 0.2) is 0 Å². The SMILES string of the molecule is CC(=O)N[C@H](Cc1c[nH]c2ccccc12)C(=O)N1CC[C@H](C(N)=O)C1. The van der Waals surface area contributed by atoms with Gasteiger partial charge in [-0.2, -0.15) is 0 Å². The summed E-state index contributed by atoms with van der Waals surface area (Å²) < 4.78 is 0. The molecule has 1 aromatic carbocycles. The molecule has 0 radical (unpaired) electrons. The predicted molar refractivity (Wildman–Crippen MR) is 93.5 cm³/mol. The maximum absolute atomic E-state index is 12.9. The molecule has 25 heavy (non-hydrogen) atoms. The van der Waals surface area contributed by atoms with E-state index >= 15 is 0 Å². The average molecular weight is 342 g/mol. The molecule has 1 aromatic heterocycles. The van der Waals surface area contributed by atoms with Gasteiger partial charge in [-0.15, -0.1) is 0 Å². The summed E-state index contributed by atoms with van der Waals surface area (Å²) >= 11 is 0. The van der Waals surface area contributed by atoms with Crippen molar-refractivity contribution in [3.8, 4) is 0 Å². The monoisotopic (exact) mass is 342 g/mol. The van der Waals surface area contributed by atoms with E-state index in [0.29, 0.717) is 25.9 Å². The van der Waals surface area contributed by atoms with Crippen molar-refractivity contribution in [2.45, 2.75) is 25.8 Å². The molecule has 3 rings (SSSR count). The van der Waals surface area contributed by atoms with Crippen LogP contribution in [0.25, 0.3) is 10.9 Å². The van der Waals surface area contributed by atoms with Crippen LogP contribution in [0.4, 0.5) is 0 Å². The van der Waals surface area contributed by atoms with E-state index in [1.54, 1.807) is 4.90 Å². The van der Waals surface area contributed by atoms with E-state index < -0.39 is 6.04 Å². The Balaban J connectivity index is 1.79. The lowest BCUT2D eigenvalue weighted by atomic mass is 10.0. The van der Waals surface area contributed by atoms with E-state index in [0.717, 1.165) is 16.5 Å². The molecule has 1 aliphatic rings. The van der Waals surface area contributed by atoms with Crippen LogP contribution in [0.2, 0.25) is 0 Å². The Morgan fingerprint density at radius 2 is 2.12 bits per heavy atom. The van der Waals surface area contributed by atoms with Crippen LogP contribution < -0.4 is 11.1 Å². The van der Waals surface area contributed by atoms with Crippen molar-refractivity contribution in [2.24, 2.45) is 11.7 Å². The molecule has 2 aromatic rings. The number of carbonyl (C=O) groups excluding carboxylic acids is 3. The van der Waals surface area contributed by atoms with E-state index in [-0.39, 0.29) is 23.6 Å². The first-order chi connectivity index (χ1) is 12.0. The van der Waals surface area contributed by atoms with Crippen LogP contribution in [-0.4, -0.2) is 46.7 Å². The molecule has 1 saturated heterocycles. The van der Waals surface area contributed by atoms with Crippen molar-refractivity contribution in [3.63, 3.8) is 0 Å². The van der Waals surface area contributed by atoms with Crippen molar-refractivity contribution in [2.75, 3.05) is 13.1 Å². The third-order valence-electron chi connectivity index (χ3n) is 4.68. The molecule has 0 aliphatic carbocycles. The third-order valence-corrected chi connectivity index (χ3v) is 4.68. The summed E-state index contributed by atoms with van der Waals surface area (Å²) in [6, 6.07) is 7.16. The van der Waals surface area contributed by atoms with E-state index in [1.165, 1.54) is 6.92 Å². The molecule has 7 nitrogen and oxygen atoms in total. The van der Waals surface area contributed by atoms with Gasteiger partial charge in [-0.05, 0) is 18.1 Å². The van der Waals surface area contributed by atoms with Crippen LogP contribution in [0.3, 0.4) is 0 Å². The minimum Gasteiger partial charge on any atom is -0.369 e. The summed E-state index contributed by atoms with van der Waals surface area (Å²) in [6.07, 6.45) is 2.82. The summed E-state index contributed by atoms with van der Waals surface area (Å²) in [4.78, 5) is 40.6. The van der Waals surface area contributed by atoms with E-state index in [4.69, 9.17) is 5.73 Å². The standard InChI is InChI=1S/C18H22N4O3/c1-11(23)21-16(18(25)22-7-6-12(10-22)17(19)24)8-13-9-20-15-5-3-2-4-14(13)15/h2-5,9,12,16,20H,6-8,10H2,1H3,(H2,19,24)(H,21,23)/t12-,16+/m0/s1. The van der Waals surface area contributed by atoms with Gasteiger partial charge in [0, 0.05) is 43.5 Å². The molecule has 7 heteroatoms. The zero-order valence-electron chi connectivity index (χ0n) is 14.1. The highest BCUT2D eigenvalue weighted by Crippen LogP contribution is 2.21. The number of amides is 3. The van der Waals surface area contributed by atoms with Crippen LogP contribution in [-0.2, 0) is 20.8 Å². The van der Waals surface area contributed by atoms with Gasteiger partial charge in [0.05, 0.1) is 5.92 Å². The lowest BCUT2D eigenvalue weighted by molar-refractivity contribution is -0.135. The second-order valence-corrected chi connectivity index (χ2v) is 6.49. The number of aromatic nitrogens is 1. The second kappa shape index (κ2) is 6.96. The zero-order chi connectivity index (χ0) is 18.0. The Morgan fingerprint density at radius 3 is 2.80 bits per heavy atom. The first-order valence-electron chi connectivity index (χ1n) is 8.36. The number of benzene rings is 1. The van der Waals surface area contributed by atoms with Crippen molar-refractivity contribution in [1.82, 2.24) is 15.2 Å². The molecule has 0 saturated carbocycles. The topological polar surface area (TPSA) is 108 Å². The van der Waals surface area contributed by atoms with Gasteiger partial charge in [0.25, 0.3) is 0 Å². The molecule has 2 heterocycles. The fourth-order valence-electron chi connectivity index (χ4n) is 3.38. The van der Waals surface area contributed by atoms with Crippen LogP contribution in [0.1, 0.15) is 18.9 Å². The minimum atomic E-state index is -0.664. The van der Waals surface area contributed by atoms with E-state index in [2.05, 4.69) is 10.3 Å². The molecule has 0 unspecified atom stereocenters. The van der Waals surface area contributed by atoms with E-state index in [9.17, 15) is 14.4 Å². The van der Waals surface area contributed by atoms with Crippen LogP contribution in [0, 0.1) is 5.92 Å². The molecule has 0 spiro atoms. The maximum atomic E-state index is 12.9. The van der Waals surface area contributed by atoms with Crippen LogP contribution >= 0.6 is 0 Å². The zero-order valence-corrected chi connectivity index (χ0v) is 14.1. The number of para-hydroxylation sites is 1. The quantitative estimate of drug-likeness (QED) is 0.738. The molecule has 132 valence electrons. The number of aromatic amines is 1. The maximum Gasteiger partial charge on any atom is 0.245 e. The van der Waals surface area contributed by atoms with Gasteiger partial charge < -0.3 is 20.9 Å². The van der Waals surface area contributed by atoms with Gasteiger partial charge in [0.2, 0.25) is 17.7 Å². The Labute approximate surface area is 145 Å². The number of hydrogen-bond donors (Lipinski definition) is 3. The lowest BCUT2D eigenvalue weighted by Crippen LogP contribution is -2.48. The Morgan fingerprint density at radius 1 is 1.36 bits per heavy atom. The summed E-state index contributed by atoms with van der Waals surface area (Å²) in [5, 5.41) is 3.77. The number of carbonyl (C=O) groups is 3. The Bertz CT molecular complexity index is 814. The molecule has 1 aliphatic heterocycles. The van der Waals surface area contributed by atoms with Crippen molar-refractivity contribution >= 4 is 28.6 Å². The van der Waals surface area contributed by atoms with Gasteiger partial charge >= 0.3 is 0 Å². The highest BCUT2D eigenvalue weighted by molar-refractivity contribution is 5.90. The largest absolute Gasteiger partial charge is 0.369 e. The molecule has 4 N–H and O–H groups in total. The molecule has 3 amide bonds. The summed E-state index contributed by atoms with van der Waals surface area (Å²) in [5.41, 5.74) is 7.29. The lowest BCUT2D eigenvalue weighted by Gasteiger charge is -2.24. The number of hydrogen-bond acceptors (Lipinski definition) is 3. The van der Waals surface area contributed by atoms with Gasteiger partial charge in [-0.3, -0.25) is 14.4 Å². The summed E-state index contributed by atoms with van der Waals surface area (Å²) in [5.74, 6) is -1.13. The minimum absolute atomic E-state index is 0.177. The fraction of sp³-hybridized carbons (Fsp3) is 0.389. The first kappa shape index (κ1) is 17.0. The first-order valence-corrected chi connectivity index (χ1v) is 8.36. The second-order valence-electron chi connectivity index (χ2n) is 6.49. The van der Waals surface area contributed by atoms with E-state index in [1.807, 2.05) is 30.5 Å². The smallest absolute Gasteiger partial charge is 0.245 e. The normalized spacial score (nSPS) is 18.3. The Hall–Kier alpha value is -2.83. The highest BCUT2D eigenvalue weighted by atomic mass is 16.2. The summed E-state index contributed by atoms with van der Waals surface area (Å²) in [7, 11) is 0. The number of nitrogens with two attached hydrogens (primary N) is 1. The number of fused-ring (bicyclic) bond motifs is 1. The highest BCUT2D eigenvalue weighted by Gasteiger charge is 2.33. The number of rotatable bonds is 5. The number of primary amides is 1. The molecule has 0 bridgehead atoms. The number of nitrogens with zero attached hydrogens (tertiary/aromatic N) is 1. The molecule has 2 atom stereocenters. The average Bonchev–Trinajstić information content (AvgIpc) is 3.21. The van der Waals surface area contributed by atoms with Crippen LogP contribution in [0.15, 0.2) is 30.5 Å². The number of nitrogens with one attached hydrogen (secondary N) is 2. The Kier molecular flexibility index (Phi) is 4.74. The van der Waals surface area contributed by atoms with Crippen molar-refractivity contribution < 1.29 is 14.4 Å². The number of likely N-dealkylation sites (tertiary alicyclic amines) is 1. The van der Waals surface area contributed by atoms with Crippen molar-refractivity contribution in [1.29, 1.82) is 0 Å². The number of H-pyrrole nitrogens is 1. The summed E-state index contributed by atoms with van der Waals surface area (Å²) in [6.45, 7) is 2.19. The molecular formula is C18H22N4O3. The van der Waals surface area contributed by atoms with Gasteiger partial charge in [-0.25, -0.2) is 0 Å². The molecule has 1 fully saturated rings. The molecular weight excluding hydrogens is 320 g/mol. The predicted octanol–water partition coefficient (Wildman–Crippen LogP) is 0.549. The van der Waals surface area contributed by atoms with Gasteiger partial charge in [0.1, 0.15) is 6.04 Å². The fourth-order valence-corrected chi connectivity index (χ4v) is 3.38.